The molecule has 0 radical (unpaired) electrons. The first-order valence-corrected chi connectivity index (χ1v) is 6.49. The lowest BCUT2D eigenvalue weighted by atomic mass is 10.1. The van der Waals surface area contributed by atoms with Crippen molar-refractivity contribution in [3.8, 4) is 0 Å². The molecule has 0 aliphatic carbocycles. The van der Waals surface area contributed by atoms with Crippen LogP contribution in [-0.2, 0) is 7.05 Å². The quantitative estimate of drug-likeness (QED) is 0.899. The van der Waals surface area contributed by atoms with Crippen LogP contribution in [-0.4, -0.2) is 10.5 Å². The second-order valence-electron chi connectivity index (χ2n) is 4.95. The summed E-state index contributed by atoms with van der Waals surface area (Å²) in [6, 6.07) is 11.9. The van der Waals surface area contributed by atoms with Gasteiger partial charge in [-0.1, -0.05) is 30.3 Å². The monoisotopic (exact) mass is 256 g/mol. The molecule has 1 heterocycles. The third-order valence-corrected chi connectivity index (χ3v) is 3.67. The molecular weight excluding hydrogens is 236 g/mol. The van der Waals surface area contributed by atoms with Gasteiger partial charge in [-0.25, -0.2) is 0 Å². The number of carbonyl (C=O) groups is 1. The molecule has 0 unspecified atom stereocenters. The molecule has 0 aliphatic rings. The summed E-state index contributed by atoms with van der Waals surface area (Å²) < 4.78 is 2.03. The molecular formula is C16H20N2O. The highest BCUT2D eigenvalue weighted by Crippen LogP contribution is 2.16. The predicted molar refractivity (Wildman–Crippen MR) is 77.2 cm³/mol. The molecule has 3 nitrogen and oxygen atoms in total. The van der Waals surface area contributed by atoms with Gasteiger partial charge in [-0.05, 0) is 32.4 Å². The lowest BCUT2D eigenvalue weighted by Crippen LogP contribution is -2.27. The number of hydrogen-bond donors (Lipinski definition) is 1. The van der Waals surface area contributed by atoms with Crippen LogP contribution in [0.4, 0.5) is 0 Å². The number of carbonyl (C=O) groups excluding carboxylic acids is 1. The van der Waals surface area contributed by atoms with Crippen molar-refractivity contribution >= 4 is 5.91 Å². The zero-order valence-corrected chi connectivity index (χ0v) is 11.9. The van der Waals surface area contributed by atoms with Crippen LogP contribution in [0.2, 0.25) is 0 Å². The Morgan fingerprint density at radius 1 is 1.21 bits per heavy atom. The Hall–Kier alpha value is -2.03. The van der Waals surface area contributed by atoms with Crippen molar-refractivity contribution in [1.82, 2.24) is 9.88 Å². The molecule has 0 saturated heterocycles. The summed E-state index contributed by atoms with van der Waals surface area (Å²) in [5, 5.41) is 3.04. The number of hydrogen-bond acceptors (Lipinski definition) is 1. The first-order valence-electron chi connectivity index (χ1n) is 6.49. The van der Waals surface area contributed by atoms with Gasteiger partial charge in [-0.2, -0.15) is 0 Å². The summed E-state index contributed by atoms with van der Waals surface area (Å²) in [5.74, 6) is -0.0162. The Bertz CT molecular complexity index is 584. The van der Waals surface area contributed by atoms with E-state index in [0.29, 0.717) is 0 Å². The highest BCUT2D eigenvalue weighted by molar-refractivity contribution is 5.95. The summed E-state index contributed by atoms with van der Waals surface area (Å²) in [6.45, 7) is 5.97. The van der Waals surface area contributed by atoms with Gasteiger partial charge in [0, 0.05) is 18.4 Å². The molecule has 3 heteroatoms. The van der Waals surface area contributed by atoms with Gasteiger partial charge in [0.1, 0.15) is 0 Å². The maximum Gasteiger partial charge on any atom is 0.253 e. The fourth-order valence-corrected chi connectivity index (χ4v) is 2.18. The Labute approximate surface area is 114 Å². The van der Waals surface area contributed by atoms with Gasteiger partial charge in [-0.3, -0.25) is 4.79 Å². The Morgan fingerprint density at radius 3 is 2.37 bits per heavy atom. The van der Waals surface area contributed by atoms with E-state index in [1.54, 1.807) is 0 Å². The number of nitrogens with zero attached hydrogens (tertiary/aromatic N) is 1. The standard InChI is InChI=1S/C16H20N2O/c1-11-10-15(13(3)18(11)4)16(19)17-12(2)14-8-6-5-7-9-14/h5-10,12H,1-4H3,(H,17,19)/t12-/m1/s1. The summed E-state index contributed by atoms with van der Waals surface area (Å²) in [5.41, 5.74) is 3.95. The minimum atomic E-state index is -0.0162. The molecule has 1 aromatic carbocycles. The van der Waals surface area contributed by atoms with Crippen LogP contribution in [0.5, 0.6) is 0 Å². The minimum Gasteiger partial charge on any atom is -0.351 e. The van der Waals surface area contributed by atoms with E-state index >= 15 is 0 Å². The van der Waals surface area contributed by atoms with Gasteiger partial charge in [0.15, 0.2) is 0 Å². The molecule has 2 aromatic rings. The van der Waals surface area contributed by atoms with E-state index in [4.69, 9.17) is 0 Å². The molecule has 1 N–H and O–H groups in total. The fraction of sp³-hybridized carbons (Fsp3) is 0.312. The van der Waals surface area contributed by atoms with Crippen molar-refractivity contribution in [2.24, 2.45) is 7.05 Å². The van der Waals surface area contributed by atoms with Crippen molar-refractivity contribution in [1.29, 1.82) is 0 Å². The van der Waals surface area contributed by atoms with Gasteiger partial charge in [0.25, 0.3) is 5.91 Å². The van der Waals surface area contributed by atoms with Gasteiger partial charge in [-0.15, -0.1) is 0 Å². The highest BCUT2D eigenvalue weighted by atomic mass is 16.1. The van der Waals surface area contributed by atoms with E-state index in [-0.39, 0.29) is 11.9 Å². The molecule has 0 bridgehead atoms. The lowest BCUT2D eigenvalue weighted by Gasteiger charge is -2.14. The number of aromatic nitrogens is 1. The van der Waals surface area contributed by atoms with Gasteiger partial charge < -0.3 is 9.88 Å². The summed E-state index contributed by atoms with van der Waals surface area (Å²) >= 11 is 0. The third-order valence-electron chi connectivity index (χ3n) is 3.67. The Kier molecular flexibility index (Phi) is 3.74. The van der Waals surface area contributed by atoms with Crippen molar-refractivity contribution in [2.75, 3.05) is 0 Å². The fourth-order valence-electron chi connectivity index (χ4n) is 2.18. The van der Waals surface area contributed by atoms with Crippen LogP contribution in [0.25, 0.3) is 0 Å². The maximum absolute atomic E-state index is 12.3. The van der Waals surface area contributed by atoms with E-state index < -0.39 is 0 Å². The summed E-state index contributed by atoms with van der Waals surface area (Å²) in [4.78, 5) is 12.3. The molecule has 2 rings (SSSR count). The maximum atomic E-state index is 12.3. The molecule has 0 fully saturated rings. The van der Waals surface area contributed by atoms with Crippen LogP contribution in [0, 0.1) is 13.8 Å². The predicted octanol–water partition coefficient (Wildman–Crippen LogP) is 3.13. The highest BCUT2D eigenvalue weighted by Gasteiger charge is 2.16. The average molecular weight is 256 g/mol. The number of aryl methyl sites for hydroxylation is 1. The molecule has 0 aliphatic heterocycles. The van der Waals surface area contributed by atoms with Crippen molar-refractivity contribution < 1.29 is 4.79 Å². The molecule has 0 saturated carbocycles. The number of nitrogens with one attached hydrogen (secondary N) is 1. The average Bonchev–Trinajstić information content (AvgIpc) is 2.67. The first kappa shape index (κ1) is 13.4. The second kappa shape index (κ2) is 5.31. The molecule has 100 valence electrons. The van der Waals surface area contributed by atoms with E-state index in [9.17, 15) is 4.79 Å². The smallest absolute Gasteiger partial charge is 0.253 e. The zero-order valence-electron chi connectivity index (χ0n) is 11.9. The van der Waals surface area contributed by atoms with Gasteiger partial charge in [0.05, 0.1) is 11.6 Å². The molecule has 19 heavy (non-hydrogen) atoms. The lowest BCUT2D eigenvalue weighted by molar-refractivity contribution is 0.0939. The Morgan fingerprint density at radius 2 is 1.84 bits per heavy atom. The minimum absolute atomic E-state index is 0.00797. The van der Waals surface area contributed by atoms with Crippen LogP contribution >= 0.6 is 0 Å². The molecule has 1 aromatic heterocycles. The Balaban J connectivity index is 2.15. The normalized spacial score (nSPS) is 12.2. The van der Waals surface area contributed by atoms with Crippen LogP contribution in [0.1, 0.15) is 40.3 Å². The van der Waals surface area contributed by atoms with E-state index in [1.165, 1.54) is 0 Å². The summed E-state index contributed by atoms with van der Waals surface area (Å²) in [6.07, 6.45) is 0. The number of amides is 1. The van der Waals surface area contributed by atoms with Crippen molar-refractivity contribution in [3.63, 3.8) is 0 Å². The summed E-state index contributed by atoms with van der Waals surface area (Å²) in [7, 11) is 1.97. The molecule has 0 spiro atoms. The second-order valence-corrected chi connectivity index (χ2v) is 4.95. The zero-order chi connectivity index (χ0) is 14.0. The van der Waals surface area contributed by atoms with E-state index in [0.717, 1.165) is 22.5 Å². The largest absolute Gasteiger partial charge is 0.351 e. The third kappa shape index (κ3) is 2.70. The van der Waals surface area contributed by atoms with Gasteiger partial charge in [0.2, 0.25) is 0 Å². The van der Waals surface area contributed by atoms with Crippen LogP contribution < -0.4 is 5.32 Å². The van der Waals surface area contributed by atoms with Crippen molar-refractivity contribution in [3.05, 3.63) is 58.9 Å². The molecule has 1 amide bonds. The SMILES string of the molecule is Cc1cc(C(=O)N[C@H](C)c2ccccc2)c(C)n1C. The van der Waals surface area contributed by atoms with E-state index in [2.05, 4.69) is 5.32 Å². The van der Waals surface area contributed by atoms with Crippen LogP contribution in [0.15, 0.2) is 36.4 Å². The van der Waals surface area contributed by atoms with Crippen molar-refractivity contribution in [2.45, 2.75) is 26.8 Å². The molecule has 1 atom stereocenters. The number of benzene rings is 1. The van der Waals surface area contributed by atoms with E-state index in [1.807, 2.05) is 68.8 Å². The van der Waals surface area contributed by atoms with Crippen LogP contribution in [0.3, 0.4) is 0 Å². The van der Waals surface area contributed by atoms with Gasteiger partial charge >= 0.3 is 0 Å². The topological polar surface area (TPSA) is 34.0 Å². The first-order chi connectivity index (χ1) is 9.00. The number of rotatable bonds is 3.